The lowest BCUT2D eigenvalue weighted by Crippen LogP contribution is -2.33. The van der Waals surface area contributed by atoms with Gasteiger partial charge in [0, 0.05) is 5.69 Å². The number of amides is 2. The van der Waals surface area contributed by atoms with Crippen LogP contribution in [0.3, 0.4) is 0 Å². The average molecular weight is 400 g/mol. The number of nitrogens with one attached hydrogen (secondary N) is 1. The van der Waals surface area contributed by atoms with E-state index in [1.165, 1.54) is 29.2 Å². The number of carbonyl (C=O) groups excluding carboxylic acids is 2. The highest BCUT2D eigenvalue weighted by atomic mass is 19.1. The van der Waals surface area contributed by atoms with Crippen molar-refractivity contribution in [2.24, 2.45) is 0 Å². The molecule has 0 unspecified atom stereocenters. The molecule has 3 aromatic rings. The van der Waals surface area contributed by atoms with E-state index in [2.05, 4.69) is 5.32 Å². The van der Waals surface area contributed by atoms with Gasteiger partial charge in [0.25, 0.3) is 11.8 Å². The van der Waals surface area contributed by atoms with Crippen molar-refractivity contribution >= 4 is 28.8 Å². The van der Waals surface area contributed by atoms with Gasteiger partial charge in [-0.25, -0.2) is 9.29 Å². The fourth-order valence-corrected chi connectivity index (χ4v) is 3.58. The van der Waals surface area contributed by atoms with E-state index in [1.807, 2.05) is 51.1 Å². The number of para-hydroxylation sites is 1. The number of benzene rings is 3. The molecule has 5 heteroatoms. The first-order valence-corrected chi connectivity index (χ1v) is 9.66. The first-order chi connectivity index (χ1) is 14.4. The van der Waals surface area contributed by atoms with Gasteiger partial charge in [-0.15, -0.1) is 0 Å². The van der Waals surface area contributed by atoms with Crippen LogP contribution in [0, 0.1) is 26.6 Å². The minimum absolute atomic E-state index is 0.184. The zero-order chi connectivity index (χ0) is 21.4. The number of halogens is 1. The van der Waals surface area contributed by atoms with Crippen LogP contribution in [0.15, 0.2) is 72.4 Å². The fraction of sp³-hybridized carbons (Fsp3) is 0.120. The Balaban J connectivity index is 1.87. The van der Waals surface area contributed by atoms with Crippen molar-refractivity contribution in [3.05, 3.63) is 100 Å². The number of hydrogen-bond donors (Lipinski definition) is 1. The molecule has 4 rings (SSSR count). The van der Waals surface area contributed by atoms with Gasteiger partial charge in [0.2, 0.25) is 0 Å². The Bertz CT molecular complexity index is 1200. The van der Waals surface area contributed by atoms with Crippen LogP contribution in [0.4, 0.5) is 15.8 Å². The summed E-state index contributed by atoms with van der Waals surface area (Å²) >= 11 is 0. The standard InChI is InChI=1S/C25H21FN2O2/c1-15-8-6-9-20(17(15)3)27-23-22(18-11-13-19(26)14-12-18)24(29)28(25(23)30)21-10-5-4-7-16(21)2/h4-14,27H,1-3H3. The molecule has 2 amide bonds. The molecule has 0 aliphatic carbocycles. The molecule has 0 aromatic heterocycles. The molecule has 0 atom stereocenters. The molecule has 150 valence electrons. The summed E-state index contributed by atoms with van der Waals surface area (Å²) in [4.78, 5) is 28.0. The summed E-state index contributed by atoms with van der Waals surface area (Å²) in [5, 5.41) is 3.19. The van der Waals surface area contributed by atoms with E-state index in [-0.39, 0.29) is 11.3 Å². The number of nitrogens with zero attached hydrogens (tertiary/aromatic N) is 1. The van der Waals surface area contributed by atoms with Gasteiger partial charge >= 0.3 is 0 Å². The quantitative estimate of drug-likeness (QED) is 0.617. The van der Waals surface area contributed by atoms with Gasteiger partial charge in [0.05, 0.1) is 11.3 Å². The predicted molar refractivity (Wildman–Crippen MR) is 117 cm³/mol. The topological polar surface area (TPSA) is 49.4 Å². The number of rotatable bonds is 4. The third-order valence-electron chi connectivity index (χ3n) is 5.44. The van der Waals surface area contributed by atoms with Crippen molar-refractivity contribution in [1.29, 1.82) is 0 Å². The molecule has 0 radical (unpaired) electrons. The van der Waals surface area contributed by atoms with Crippen molar-refractivity contribution in [3.63, 3.8) is 0 Å². The van der Waals surface area contributed by atoms with E-state index in [4.69, 9.17) is 0 Å². The van der Waals surface area contributed by atoms with E-state index >= 15 is 0 Å². The van der Waals surface area contributed by atoms with E-state index in [0.717, 1.165) is 22.4 Å². The summed E-state index contributed by atoms with van der Waals surface area (Å²) in [5.74, 6) is -1.28. The maximum Gasteiger partial charge on any atom is 0.282 e. The predicted octanol–water partition coefficient (Wildman–Crippen LogP) is 5.15. The van der Waals surface area contributed by atoms with Gasteiger partial charge in [-0.2, -0.15) is 0 Å². The molecule has 0 saturated heterocycles. The summed E-state index contributed by atoms with van der Waals surface area (Å²) in [6, 6.07) is 18.6. The summed E-state index contributed by atoms with van der Waals surface area (Å²) in [5.41, 5.74) is 5.04. The Labute approximate surface area is 174 Å². The second kappa shape index (κ2) is 7.59. The molecule has 30 heavy (non-hydrogen) atoms. The highest BCUT2D eigenvalue weighted by Crippen LogP contribution is 2.35. The van der Waals surface area contributed by atoms with Crippen LogP contribution in [-0.2, 0) is 9.59 Å². The molecule has 1 aliphatic heterocycles. The normalized spacial score (nSPS) is 13.9. The molecule has 3 aromatic carbocycles. The van der Waals surface area contributed by atoms with Crippen LogP contribution in [0.2, 0.25) is 0 Å². The molecule has 1 aliphatic rings. The van der Waals surface area contributed by atoms with Crippen LogP contribution in [0.5, 0.6) is 0 Å². The second-order valence-electron chi connectivity index (χ2n) is 7.36. The van der Waals surface area contributed by atoms with Gasteiger partial charge < -0.3 is 5.32 Å². The highest BCUT2D eigenvalue weighted by Gasteiger charge is 2.40. The molecule has 0 saturated carbocycles. The summed E-state index contributed by atoms with van der Waals surface area (Å²) in [6.45, 7) is 5.79. The van der Waals surface area contributed by atoms with Crippen LogP contribution in [0.1, 0.15) is 22.3 Å². The first kappa shape index (κ1) is 19.6. The van der Waals surface area contributed by atoms with Gasteiger partial charge in [-0.1, -0.05) is 42.5 Å². The number of hydrogen-bond acceptors (Lipinski definition) is 3. The van der Waals surface area contributed by atoms with Crippen LogP contribution < -0.4 is 10.2 Å². The lowest BCUT2D eigenvalue weighted by atomic mass is 10.0. The Kier molecular flexibility index (Phi) is 4.96. The number of anilines is 2. The Morgan fingerprint density at radius 3 is 2.13 bits per heavy atom. The van der Waals surface area contributed by atoms with E-state index in [0.29, 0.717) is 11.3 Å². The third-order valence-corrected chi connectivity index (χ3v) is 5.44. The molecular weight excluding hydrogens is 379 g/mol. The molecule has 1 N–H and O–H groups in total. The van der Waals surface area contributed by atoms with E-state index in [1.54, 1.807) is 12.1 Å². The molecule has 0 spiro atoms. The Hall–Kier alpha value is -3.73. The SMILES string of the molecule is Cc1ccccc1N1C(=O)C(Nc2cccc(C)c2C)=C(c2ccc(F)cc2)C1=O. The van der Waals surface area contributed by atoms with Crippen LogP contribution in [-0.4, -0.2) is 11.8 Å². The number of aryl methyl sites for hydroxylation is 2. The third kappa shape index (κ3) is 3.28. The Morgan fingerprint density at radius 2 is 1.43 bits per heavy atom. The smallest absolute Gasteiger partial charge is 0.282 e. The average Bonchev–Trinajstić information content (AvgIpc) is 2.96. The molecule has 0 bridgehead atoms. The van der Waals surface area contributed by atoms with Crippen molar-refractivity contribution in [3.8, 4) is 0 Å². The lowest BCUT2D eigenvalue weighted by Gasteiger charge is -2.18. The van der Waals surface area contributed by atoms with Crippen LogP contribution in [0.25, 0.3) is 5.57 Å². The van der Waals surface area contributed by atoms with Gasteiger partial charge in [0.15, 0.2) is 0 Å². The fourth-order valence-electron chi connectivity index (χ4n) is 3.58. The first-order valence-electron chi connectivity index (χ1n) is 9.66. The minimum Gasteiger partial charge on any atom is -0.350 e. The van der Waals surface area contributed by atoms with E-state index in [9.17, 15) is 14.0 Å². The summed E-state index contributed by atoms with van der Waals surface area (Å²) in [6.07, 6.45) is 0. The van der Waals surface area contributed by atoms with Crippen LogP contribution >= 0.6 is 0 Å². The zero-order valence-corrected chi connectivity index (χ0v) is 17.0. The van der Waals surface area contributed by atoms with Crippen molar-refractivity contribution < 1.29 is 14.0 Å². The molecular formula is C25H21FN2O2. The van der Waals surface area contributed by atoms with Crippen molar-refractivity contribution in [2.75, 3.05) is 10.2 Å². The maximum absolute atomic E-state index is 13.5. The highest BCUT2D eigenvalue weighted by molar-refractivity contribution is 6.46. The number of imide groups is 1. The van der Waals surface area contributed by atoms with E-state index < -0.39 is 17.6 Å². The Morgan fingerprint density at radius 1 is 0.767 bits per heavy atom. The van der Waals surface area contributed by atoms with Gasteiger partial charge in [-0.3, -0.25) is 9.59 Å². The lowest BCUT2D eigenvalue weighted by molar-refractivity contribution is -0.120. The van der Waals surface area contributed by atoms with Crippen molar-refractivity contribution in [2.45, 2.75) is 20.8 Å². The van der Waals surface area contributed by atoms with Gasteiger partial charge in [-0.05, 0) is 67.3 Å². The maximum atomic E-state index is 13.5. The monoisotopic (exact) mass is 400 g/mol. The second-order valence-corrected chi connectivity index (χ2v) is 7.36. The van der Waals surface area contributed by atoms with Crippen molar-refractivity contribution in [1.82, 2.24) is 0 Å². The molecule has 1 heterocycles. The summed E-state index contributed by atoms with van der Waals surface area (Å²) in [7, 11) is 0. The summed E-state index contributed by atoms with van der Waals surface area (Å²) < 4.78 is 13.5. The molecule has 0 fully saturated rings. The zero-order valence-electron chi connectivity index (χ0n) is 17.0. The van der Waals surface area contributed by atoms with Gasteiger partial charge in [0.1, 0.15) is 11.5 Å². The molecule has 4 nitrogen and oxygen atoms in total. The number of carbonyl (C=O) groups is 2. The minimum atomic E-state index is -0.436. The largest absolute Gasteiger partial charge is 0.350 e.